The van der Waals surface area contributed by atoms with Gasteiger partial charge in [-0.15, -0.1) is 11.3 Å². The number of nitrogens with one attached hydrogen (secondary N) is 1. The molecule has 4 nitrogen and oxygen atoms in total. The van der Waals surface area contributed by atoms with E-state index in [9.17, 15) is 13.2 Å². The van der Waals surface area contributed by atoms with Crippen LogP contribution in [0.4, 0.5) is 13.2 Å². The van der Waals surface area contributed by atoms with Crippen LogP contribution >= 0.6 is 11.3 Å². The third-order valence-electron chi connectivity index (χ3n) is 2.85. The lowest BCUT2D eigenvalue weighted by molar-refractivity contribution is -0.141. The number of hydrogen-bond donors (Lipinski definition) is 1. The summed E-state index contributed by atoms with van der Waals surface area (Å²) in [6, 6.07) is 1.95. The van der Waals surface area contributed by atoms with Crippen molar-refractivity contribution in [3.63, 3.8) is 0 Å². The lowest BCUT2D eigenvalue weighted by Gasteiger charge is -2.06. The van der Waals surface area contributed by atoms with Crippen LogP contribution in [0.25, 0.3) is 10.8 Å². The number of alkyl halides is 3. The van der Waals surface area contributed by atoms with Crippen molar-refractivity contribution in [2.24, 2.45) is 0 Å². The zero-order valence-corrected chi connectivity index (χ0v) is 11.1. The van der Waals surface area contributed by atoms with E-state index in [0.29, 0.717) is 6.04 Å². The van der Waals surface area contributed by atoms with E-state index in [1.54, 1.807) is 6.07 Å². The standard InChI is InChI=1S/C12H11F3N4S/c13-12(14,15)9-8(6-18-7-2-3-7)20-11(19-9)10-16-4-1-5-17-10/h1,4-5,7,18H,2-3,6H2. The Morgan fingerprint density at radius 3 is 2.55 bits per heavy atom. The molecule has 1 saturated carbocycles. The molecule has 1 N–H and O–H groups in total. The Morgan fingerprint density at radius 1 is 1.25 bits per heavy atom. The summed E-state index contributed by atoms with van der Waals surface area (Å²) in [5.41, 5.74) is -0.835. The minimum atomic E-state index is -4.45. The fourth-order valence-corrected chi connectivity index (χ4v) is 2.70. The highest BCUT2D eigenvalue weighted by Gasteiger charge is 2.38. The zero-order chi connectivity index (χ0) is 14.2. The van der Waals surface area contributed by atoms with Gasteiger partial charge in [-0.05, 0) is 18.9 Å². The summed E-state index contributed by atoms with van der Waals surface area (Å²) in [7, 11) is 0. The van der Waals surface area contributed by atoms with Crippen molar-refractivity contribution in [1.29, 1.82) is 0 Å². The molecule has 0 aromatic carbocycles. The van der Waals surface area contributed by atoms with Crippen molar-refractivity contribution < 1.29 is 13.2 Å². The van der Waals surface area contributed by atoms with Crippen LogP contribution in [-0.2, 0) is 12.7 Å². The van der Waals surface area contributed by atoms with Crippen LogP contribution in [0, 0.1) is 0 Å². The van der Waals surface area contributed by atoms with E-state index in [1.807, 2.05) is 0 Å². The SMILES string of the molecule is FC(F)(F)c1nc(-c2ncccn2)sc1CNC1CC1. The molecule has 0 unspecified atom stereocenters. The van der Waals surface area contributed by atoms with Crippen LogP contribution in [-0.4, -0.2) is 21.0 Å². The first-order valence-corrected chi connectivity index (χ1v) is 6.93. The summed E-state index contributed by atoms with van der Waals surface area (Å²) in [4.78, 5) is 11.7. The molecule has 3 rings (SSSR count). The predicted molar refractivity (Wildman–Crippen MR) is 68.0 cm³/mol. The minimum Gasteiger partial charge on any atom is -0.309 e. The van der Waals surface area contributed by atoms with E-state index in [-0.39, 0.29) is 22.3 Å². The van der Waals surface area contributed by atoms with Crippen molar-refractivity contribution in [3.8, 4) is 10.8 Å². The van der Waals surface area contributed by atoms with Crippen molar-refractivity contribution in [3.05, 3.63) is 29.0 Å². The number of rotatable bonds is 4. The van der Waals surface area contributed by atoms with E-state index in [2.05, 4.69) is 20.3 Å². The first-order valence-electron chi connectivity index (χ1n) is 6.11. The van der Waals surface area contributed by atoms with Gasteiger partial charge in [0.1, 0.15) is 0 Å². The van der Waals surface area contributed by atoms with Gasteiger partial charge in [-0.1, -0.05) is 0 Å². The second-order valence-corrected chi connectivity index (χ2v) is 5.60. The molecule has 1 aliphatic rings. The van der Waals surface area contributed by atoms with Crippen molar-refractivity contribution in [2.75, 3.05) is 0 Å². The summed E-state index contributed by atoms with van der Waals surface area (Å²) in [6.45, 7) is 0.185. The second-order valence-electron chi connectivity index (χ2n) is 4.52. The second kappa shape index (κ2) is 5.10. The molecule has 0 amide bonds. The van der Waals surface area contributed by atoms with Gasteiger partial charge in [-0.2, -0.15) is 13.2 Å². The maximum atomic E-state index is 13.0. The molecule has 0 radical (unpaired) electrons. The molecule has 1 fully saturated rings. The fraction of sp³-hybridized carbons (Fsp3) is 0.417. The van der Waals surface area contributed by atoms with Crippen LogP contribution in [0.2, 0.25) is 0 Å². The molecule has 0 spiro atoms. The summed E-state index contributed by atoms with van der Waals surface area (Å²) in [6.07, 6.45) is 0.561. The lowest BCUT2D eigenvalue weighted by atomic mass is 10.3. The molecule has 0 saturated heterocycles. The van der Waals surface area contributed by atoms with Gasteiger partial charge in [0, 0.05) is 25.0 Å². The maximum Gasteiger partial charge on any atom is 0.434 e. The third-order valence-corrected chi connectivity index (χ3v) is 3.90. The normalized spacial score (nSPS) is 15.6. The van der Waals surface area contributed by atoms with Crippen molar-refractivity contribution in [1.82, 2.24) is 20.3 Å². The van der Waals surface area contributed by atoms with E-state index in [0.717, 1.165) is 24.2 Å². The molecule has 2 aromatic rings. The van der Waals surface area contributed by atoms with Gasteiger partial charge in [-0.3, -0.25) is 0 Å². The number of nitrogens with zero attached hydrogens (tertiary/aromatic N) is 3. The lowest BCUT2D eigenvalue weighted by Crippen LogP contribution is -2.18. The summed E-state index contributed by atoms with van der Waals surface area (Å²) >= 11 is 0.991. The molecule has 106 valence electrons. The fourth-order valence-electron chi connectivity index (χ4n) is 1.72. The Morgan fingerprint density at radius 2 is 1.95 bits per heavy atom. The molecule has 0 aliphatic heterocycles. The Kier molecular flexibility index (Phi) is 3.43. The molecule has 0 bridgehead atoms. The highest BCUT2D eigenvalue weighted by atomic mass is 32.1. The van der Waals surface area contributed by atoms with Gasteiger partial charge >= 0.3 is 6.18 Å². The minimum absolute atomic E-state index is 0.185. The van der Waals surface area contributed by atoms with E-state index in [4.69, 9.17) is 0 Å². The number of thiazole rings is 1. The van der Waals surface area contributed by atoms with Crippen LogP contribution in [0.15, 0.2) is 18.5 Å². The quantitative estimate of drug-likeness (QED) is 0.943. The van der Waals surface area contributed by atoms with Crippen LogP contribution in [0.1, 0.15) is 23.4 Å². The first kappa shape index (κ1) is 13.4. The molecular formula is C12H11F3N4S. The van der Waals surface area contributed by atoms with Gasteiger partial charge in [0.25, 0.3) is 0 Å². The molecule has 0 atom stereocenters. The van der Waals surface area contributed by atoms with Crippen LogP contribution in [0.5, 0.6) is 0 Å². The Balaban J connectivity index is 1.92. The molecular weight excluding hydrogens is 289 g/mol. The highest BCUT2D eigenvalue weighted by Crippen LogP contribution is 2.37. The summed E-state index contributed by atoms with van der Waals surface area (Å²) < 4.78 is 39.0. The number of halogens is 3. The molecule has 20 heavy (non-hydrogen) atoms. The van der Waals surface area contributed by atoms with Gasteiger partial charge in [0.05, 0.1) is 4.88 Å². The Bertz CT molecular complexity index is 592. The van der Waals surface area contributed by atoms with E-state index < -0.39 is 11.9 Å². The highest BCUT2D eigenvalue weighted by molar-refractivity contribution is 7.15. The van der Waals surface area contributed by atoms with Gasteiger partial charge in [0.2, 0.25) is 0 Å². The summed E-state index contributed by atoms with van der Waals surface area (Å²) in [5.74, 6) is 0.223. The van der Waals surface area contributed by atoms with Gasteiger partial charge in [-0.25, -0.2) is 15.0 Å². The molecule has 2 heterocycles. The largest absolute Gasteiger partial charge is 0.434 e. The average Bonchev–Trinajstić information content (AvgIpc) is 3.14. The van der Waals surface area contributed by atoms with E-state index >= 15 is 0 Å². The van der Waals surface area contributed by atoms with Crippen LogP contribution < -0.4 is 5.32 Å². The van der Waals surface area contributed by atoms with Crippen LogP contribution in [0.3, 0.4) is 0 Å². The smallest absolute Gasteiger partial charge is 0.309 e. The maximum absolute atomic E-state index is 13.0. The number of aromatic nitrogens is 3. The topological polar surface area (TPSA) is 50.7 Å². The first-order chi connectivity index (χ1) is 9.54. The predicted octanol–water partition coefficient (Wildman–Crippen LogP) is 2.87. The third kappa shape index (κ3) is 2.96. The number of hydrogen-bond acceptors (Lipinski definition) is 5. The average molecular weight is 300 g/mol. The van der Waals surface area contributed by atoms with Gasteiger partial charge in [0.15, 0.2) is 16.5 Å². The monoisotopic (exact) mass is 300 g/mol. The van der Waals surface area contributed by atoms with Crippen molar-refractivity contribution >= 4 is 11.3 Å². The van der Waals surface area contributed by atoms with Crippen molar-refractivity contribution in [2.45, 2.75) is 31.6 Å². The molecule has 1 aliphatic carbocycles. The Labute approximate surface area is 117 Å². The van der Waals surface area contributed by atoms with Gasteiger partial charge < -0.3 is 5.32 Å². The summed E-state index contributed by atoms with van der Waals surface area (Å²) in [5, 5.41) is 3.28. The molecule has 8 heteroatoms. The zero-order valence-electron chi connectivity index (χ0n) is 10.3. The Hall–Kier alpha value is -1.54. The van der Waals surface area contributed by atoms with E-state index in [1.165, 1.54) is 12.4 Å². The molecule has 2 aromatic heterocycles.